The molecule has 1 N–H and O–H groups in total. The largest absolute Gasteiger partial charge is 0.459 e. The minimum Gasteiger partial charge on any atom is -0.459 e. The van der Waals surface area contributed by atoms with Crippen LogP contribution in [-0.4, -0.2) is 23.8 Å². The third kappa shape index (κ3) is 2.30. The number of hydrogen-bond acceptors (Lipinski definition) is 3. The van der Waals surface area contributed by atoms with Crippen LogP contribution in [0.25, 0.3) is 0 Å². The van der Waals surface area contributed by atoms with E-state index in [0.29, 0.717) is 11.8 Å². The smallest absolute Gasteiger partial charge is 0.330 e. The van der Waals surface area contributed by atoms with Crippen molar-refractivity contribution in [2.75, 3.05) is 6.61 Å². The van der Waals surface area contributed by atoms with Gasteiger partial charge in [0.15, 0.2) is 0 Å². The Morgan fingerprint density at radius 3 is 3.05 bits per heavy atom. The molecule has 0 aliphatic heterocycles. The maximum absolute atomic E-state index is 11.5. The number of aliphatic hydroxyl groups is 1. The lowest BCUT2D eigenvalue weighted by molar-refractivity contribution is -0.145. The number of esters is 1. The van der Waals surface area contributed by atoms with Crippen molar-refractivity contribution < 1.29 is 14.6 Å². The van der Waals surface area contributed by atoms with E-state index in [9.17, 15) is 9.90 Å². The van der Waals surface area contributed by atoms with Crippen LogP contribution in [-0.2, 0) is 9.53 Å². The molecule has 0 spiro atoms. The number of hydrogen-bond donors (Lipinski definition) is 1. The van der Waals surface area contributed by atoms with E-state index in [4.69, 9.17) is 4.74 Å². The summed E-state index contributed by atoms with van der Waals surface area (Å²) >= 11 is 0. The summed E-state index contributed by atoms with van der Waals surface area (Å²) in [7, 11) is 0. The number of rotatable bonds is 6. The van der Waals surface area contributed by atoms with Crippen LogP contribution in [0, 0.1) is 23.2 Å². The predicted molar refractivity (Wildman–Crippen MR) is 77.0 cm³/mol. The first-order valence-electron chi connectivity index (χ1n) is 8.12. The molecule has 3 heteroatoms. The first-order valence-corrected chi connectivity index (χ1v) is 8.12. The molecule has 3 saturated carbocycles. The Morgan fingerprint density at radius 2 is 2.30 bits per heavy atom. The lowest BCUT2D eigenvalue weighted by Gasteiger charge is -2.38. The molecule has 0 radical (unpaired) electrons. The van der Waals surface area contributed by atoms with Gasteiger partial charge in [-0.1, -0.05) is 13.0 Å². The van der Waals surface area contributed by atoms with E-state index in [2.05, 4.69) is 6.58 Å². The molecule has 5 unspecified atom stereocenters. The molecule has 20 heavy (non-hydrogen) atoms. The van der Waals surface area contributed by atoms with Gasteiger partial charge in [0.1, 0.15) is 6.10 Å². The van der Waals surface area contributed by atoms with Gasteiger partial charge in [-0.05, 0) is 61.7 Å². The molecular formula is C17H26O3. The second-order valence-electron chi connectivity index (χ2n) is 7.05. The zero-order valence-electron chi connectivity index (χ0n) is 12.2. The highest BCUT2D eigenvalue weighted by Gasteiger charge is 2.58. The first-order chi connectivity index (χ1) is 9.68. The molecule has 3 aliphatic rings. The van der Waals surface area contributed by atoms with Gasteiger partial charge in [0, 0.05) is 19.1 Å². The van der Waals surface area contributed by atoms with Crippen LogP contribution < -0.4 is 0 Å². The molecule has 5 atom stereocenters. The quantitative estimate of drug-likeness (QED) is 0.600. The van der Waals surface area contributed by atoms with Crippen LogP contribution in [0.5, 0.6) is 0 Å². The summed E-state index contributed by atoms with van der Waals surface area (Å²) in [5.41, 5.74) is 0.396. The molecule has 0 amide bonds. The molecule has 112 valence electrons. The Bertz CT molecular complexity index is 392. The number of aliphatic hydroxyl groups excluding tert-OH is 1. The average molecular weight is 278 g/mol. The van der Waals surface area contributed by atoms with Crippen LogP contribution in [0.1, 0.15) is 51.4 Å². The highest BCUT2D eigenvalue weighted by molar-refractivity contribution is 5.81. The Kier molecular flexibility index (Phi) is 3.89. The number of carbonyl (C=O) groups excluding carboxylic acids is 1. The Balaban J connectivity index is 1.70. The monoisotopic (exact) mass is 278 g/mol. The maximum Gasteiger partial charge on any atom is 0.330 e. The van der Waals surface area contributed by atoms with Crippen molar-refractivity contribution in [3.05, 3.63) is 12.7 Å². The van der Waals surface area contributed by atoms with Crippen molar-refractivity contribution in [1.82, 2.24) is 0 Å². The van der Waals surface area contributed by atoms with Gasteiger partial charge < -0.3 is 9.84 Å². The SMILES string of the molecule is C=CC(=O)OC(CCO)CC12CCC(C1)C1CCCC12. The molecule has 3 rings (SSSR count). The minimum atomic E-state index is -0.352. The van der Waals surface area contributed by atoms with Crippen molar-refractivity contribution in [2.24, 2.45) is 23.2 Å². The van der Waals surface area contributed by atoms with Crippen LogP contribution in [0.2, 0.25) is 0 Å². The third-order valence-electron chi connectivity index (χ3n) is 6.18. The summed E-state index contributed by atoms with van der Waals surface area (Å²) in [4.78, 5) is 11.5. The molecule has 0 heterocycles. The van der Waals surface area contributed by atoms with Crippen LogP contribution in [0.15, 0.2) is 12.7 Å². The van der Waals surface area contributed by atoms with Gasteiger partial charge in [0.05, 0.1) is 0 Å². The fourth-order valence-electron chi connectivity index (χ4n) is 5.56. The zero-order valence-corrected chi connectivity index (χ0v) is 12.2. The standard InChI is InChI=1S/C17H26O3/c1-2-16(19)20-13(7-9-18)11-17-8-6-12(10-17)14-4-3-5-15(14)17/h2,12-15,18H,1,3-11H2. The highest BCUT2D eigenvalue weighted by Crippen LogP contribution is 2.67. The molecule has 0 saturated heterocycles. The van der Waals surface area contributed by atoms with Crippen molar-refractivity contribution in [1.29, 1.82) is 0 Å². The third-order valence-corrected chi connectivity index (χ3v) is 6.18. The summed E-state index contributed by atoms with van der Waals surface area (Å²) < 4.78 is 5.48. The molecule has 3 nitrogen and oxygen atoms in total. The van der Waals surface area contributed by atoms with Crippen molar-refractivity contribution >= 4 is 5.97 Å². The van der Waals surface area contributed by atoms with Gasteiger partial charge in [-0.25, -0.2) is 4.79 Å². The summed E-state index contributed by atoms with van der Waals surface area (Å²) in [6.07, 6.45) is 10.7. The van der Waals surface area contributed by atoms with Crippen molar-refractivity contribution in [3.63, 3.8) is 0 Å². The number of carbonyl (C=O) groups is 1. The van der Waals surface area contributed by atoms with Crippen molar-refractivity contribution in [2.45, 2.75) is 57.5 Å². The van der Waals surface area contributed by atoms with E-state index < -0.39 is 0 Å². The fraction of sp³-hybridized carbons (Fsp3) is 0.824. The number of ether oxygens (including phenoxy) is 1. The van der Waals surface area contributed by atoms with Crippen LogP contribution >= 0.6 is 0 Å². The number of fused-ring (bicyclic) bond motifs is 5. The maximum atomic E-state index is 11.5. The van der Waals surface area contributed by atoms with Crippen LogP contribution in [0.4, 0.5) is 0 Å². The van der Waals surface area contributed by atoms with Gasteiger partial charge >= 0.3 is 5.97 Å². The van der Waals surface area contributed by atoms with E-state index in [1.165, 1.54) is 44.6 Å². The lowest BCUT2D eigenvalue weighted by Crippen LogP contribution is -2.33. The second kappa shape index (κ2) is 5.51. The minimum absolute atomic E-state index is 0.0860. The zero-order chi connectivity index (χ0) is 14.2. The van der Waals surface area contributed by atoms with Gasteiger partial charge in [-0.15, -0.1) is 0 Å². The highest BCUT2D eigenvalue weighted by atomic mass is 16.5. The van der Waals surface area contributed by atoms with Crippen LogP contribution in [0.3, 0.4) is 0 Å². The molecule has 3 aliphatic carbocycles. The summed E-state index contributed by atoms with van der Waals surface area (Å²) in [5.74, 6) is 2.36. The first kappa shape index (κ1) is 14.1. The van der Waals surface area contributed by atoms with Crippen molar-refractivity contribution in [3.8, 4) is 0 Å². The van der Waals surface area contributed by atoms with E-state index in [1.807, 2.05) is 0 Å². The molecule has 3 fully saturated rings. The molecule has 0 aromatic carbocycles. The molecule has 0 aromatic heterocycles. The predicted octanol–water partition coefficient (Wildman–Crippen LogP) is 3.07. The van der Waals surface area contributed by atoms with E-state index >= 15 is 0 Å². The molecule has 0 aromatic rings. The summed E-state index contributed by atoms with van der Waals surface area (Å²) in [5, 5.41) is 9.23. The summed E-state index contributed by atoms with van der Waals surface area (Å²) in [6.45, 7) is 3.55. The molecule has 2 bridgehead atoms. The normalized spacial score (nSPS) is 39.5. The lowest BCUT2D eigenvalue weighted by atomic mass is 9.68. The summed E-state index contributed by atoms with van der Waals surface area (Å²) in [6, 6.07) is 0. The van der Waals surface area contributed by atoms with E-state index in [-0.39, 0.29) is 18.7 Å². The Morgan fingerprint density at radius 1 is 1.45 bits per heavy atom. The van der Waals surface area contributed by atoms with E-state index in [1.54, 1.807) is 0 Å². The van der Waals surface area contributed by atoms with Gasteiger partial charge in [-0.3, -0.25) is 0 Å². The fourth-order valence-corrected chi connectivity index (χ4v) is 5.56. The van der Waals surface area contributed by atoms with E-state index in [0.717, 1.165) is 24.2 Å². The van der Waals surface area contributed by atoms with Gasteiger partial charge in [0.25, 0.3) is 0 Å². The average Bonchev–Trinajstić information content (AvgIpc) is 3.10. The topological polar surface area (TPSA) is 46.5 Å². The molecular weight excluding hydrogens is 252 g/mol. The Labute approximate surface area is 121 Å². The van der Waals surface area contributed by atoms with Gasteiger partial charge in [0.2, 0.25) is 0 Å². The second-order valence-corrected chi connectivity index (χ2v) is 7.05. The Hall–Kier alpha value is -0.830. The van der Waals surface area contributed by atoms with Gasteiger partial charge in [-0.2, -0.15) is 0 Å².